The molecule has 0 aliphatic carbocycles. The molecule has 0 heterocycles. The van der Waals surface area contributed by atoms with Gasteiger partial charge in [-0.25, -0.2) is 8.42 Å². The number of anilines is 1. The van der Waals surface area contributed by atoms with Crippen LogP contribution in [0.5, 0.6) is 0 Å². The van der Waals surface area contributed by atoms with E-state index in [2.05, 4.69) is 21.2 Å². The molecule has 0 unspecified atom stereocenters. The first-order valence-electron chi connectivity index (χ1n) is 14.1. The lowest BCUT2D eigenvalue weighted by atomic mass is 10.0. The summed E-state index contributed by atoms with van der Waals surface area (Å²) in [6.07, 6.45) is 0.231. The lowest BCUT2D eigenvalue weighted by molar-refractivity contribution is -0.140. The van der Waals surface area contributed by atoms with Crippen molar-refractivity contribution in [3.63, 3.8) is 0 Å². The minimum Gasteiger partial charge on any atom is -0.350 e. The Labute approximate surface area is 273 Å². The molecule has 230 valence electrons. The molecular weight excluding hydrogens is 662 g/mol. The Hall–Kier alpha value is -3.66. The van der Waals surface area contributed by atoms with Crippen LogP contribution in [0.2, 0.25) is 5.02 Å². The second-order valence-corrected chi connectivity index (χ2v) is 14.6. The Morgan fingerprint density at radius 2 is 1.43 bits per heavy atom. The molecule has 0 aliphatic rings. The first-order chi connectivity index (χ1) is 20.8. The fraction of sp³-hybridized carbons (Fsp3) is 0.235. The molecule has 1 atom stereocenters. The first-order valence-corrected chi connectivity index (χ1v) is 16.7. The summed E-state index contributed by atoms with van der Waals surface area (Å²) in [6, 6.07) is 30.2. The van der Waals surface area contributed by atoms with Crippen molar-refractivity contribution in [2.24, 2.45) is 0 Å². The summed E-state index contributed by atoms with van der Waals surface area (Å²) in [5, 5.41) is 3.46. The molecule has 0 aromatic heterocycles. The molecule has 0 radical (unpaired) electrons. The van der Waals surface area contributed by atoms with Crippen LogP contribution in [-0.2, 0) is 32.6 Å². The number of benzene rings is 4. The minimum absolute atomic E-state index is 0.0348. The summed E-state index contributed by atoms with van der Waals surface area (Å²) in [7, 11) is -4.17. The van der Waals surface area contributed by atoms with E-state index in [1.54, 1.807) is 42.5 Å². The predicted molar refractivity (Wildman–Crippen MR) is 179 cm³/mol. The van der Waals surface area contributed by atoms with Crippen LogP contribution >= 0.6 is 27.5 Å². The number of hydrogen-bond acceptors (Lipinski definition) is 4. The van der Waals surface area contributed by atoms with Gasteiger partial charge in [0.2, 0.25) is 11.8 Å². The third-order valence-corrected chi connectivity index (χ3v) is 9.27. The number of carbonyl (C=O) groups excluding carboxylic acids is 2. The molecular formula is C34H35BrClN3O4S. The lowest BCUT2D eigenvalue weighted by Crippen LogP contribution is -2.56. The van der Waals surface area contributed by atoms with E-state index in [-0.39, 0.29) is 29.5 Å². The quantitative estimate of drug-likeness (QED) is 0.186. The van der Waals surface area contributed by atoms with E-state index < -0.39 is 34.1 Å². The predicted octanol–water partition coefficient (Wildman–Crippen LogP) is 6.85. The topological polar surface area (TPSA) is 86.8 Å². The van der Waals surface area contributed by atoms with Gasteiger partial charge < -0.3 is 10.2 Å². The van der Waals surface area contributed by atoms with E-state index in [9.17, 15) is 18.0 Å². The van der Waals surface area contributed by atoms with Crippen molar-refractivity contribution in [2.45, 2.75) is 50.2 Å². The Balaban J connectivity index is 1.81. The third kappa shape index (κ3) is 8.94. The monoisotopic (exact) mass is 695 g/mol. The molecule has 1 N–H and O–H groups in total. The molecule has 44 heavy (non-hydrogen) atoms. The van der Waals surface area contributed by atoms with Gasteiger partial charge in [0.15, 0.2) is 0 Å². The SMILES string of the molecule is CC(C)(C)NC(=O)[C@H](Cc1ccccc1)N(Cc1cccc(Br)c1)C(=O)CN(c1ccc(Cl)cc1)S(=O)(=O)c1ccccc1. The normalized spacial score (nSPS) is 12.3. The number of hydrogen-bond donors (Lipinski definition) is 1. The number of nitrogens with zero attached hydrogens (tertiary/aromatic N) is 2. The Bertz CT molecular complexity index is 1680. The van der Waals surface area contributed by atoms with Gasteiger partial charge in [0.05, 0.1) is 10.6 Å². The van der Waals surface area contributed by atoms with Gasteiger partial charge >= 0.3 is 0 Å². The van der Waals surface area contributed by atoms with Crippen LogP contribution in [-0.4, -0.2) is 43.3 Å². The summed E-state index contributed by atoms with van der Waals surface area (Å²) in [5.41, 5.74) is 1.34. The number of rotatable bonds is 11. The van der Waals surface area contributed by atoms with Crippen LogP contribution in [0.25, 0.3) is 0 Å². The summed E-state index contributed by atoms with van der Waals surface area (Å²) in [6.45, 7) is 5.16. The highest BCUT2D eigenvalue weighted by atomic mass is 79.9. The van der Waals surface area contributed by atoms with Gasteiger partial charge in [-0.1, -0.05) is 88.2 Å². The molecule has 10 heteroatoms. The maximum Gasteiger partial charge on any atom is 0.264 e. The minimum atomic E-state index is -4.17. The van der Waals surface area contributed by atoms with E-state index in [0.29, 0.717) is 5.02 Å². The molecule has 0 aliphatic heterocycles. The maximum absolute atomic E-state index is 14.5. The summed E-state index contributed by atoms with van der Waals surface area (Å²) in [5.74, 6) is -0.877. The third-order valence-electron chi connectivity index (χ3n) is 6.74. The smallest absolute Gasteiger partial charge is 0.264 e. The fourth-order valence-corrected chi connectivity index (χ4v) is 6.70. The molecule has 4 aromatic carbocycles. The van der Waals surface area contributed by atoms with E-state index in [1.165, 1.54) is 17.0 Å². The number of carbonyl (C=O) groups is 2. The van der Waals surface area contributed by atoms with Crippen LogP contribution in [0.15, 0.2) is 119 Å². The lowest BCUT2D eigenvalue weighted by Gasteiger charge is -2.35. The van der Waals surface area contributed by atoms with Crippen LogP contribution in [0, 0.1) is 0 Å². The van der Waals surface area contributed by atoms with Gasteiger partial charge in [-0.15, -0.1) is 0 Å². The van der Waals surface area contributed by atoms with Crippen molar-refractivity contribution in [3.8, 4) is 0 Å². The average molecular weight is 697 g/mol. The molecule has 0 bridgehead atoms. The Morgan fingerprint density at radius 1 is 0.841 bits per heavy atom. The number of amides is 2. The largest absolute Gasteiger partial charge is 0.350 e. The highest BCUT2D eigenvalue weighted by Gasteiger charge is 2.35. The molecule has 4 rings (SSSR count). The second kappa shape index (κ2) is 14.4. The molecule has 0 saturated heterocycles. The summed E-state index contributed by atoms with van der Waals surface area (Å²) < 4.78 is 29.9. The molecule has 0 spiro atoms. The van der Waals surface area contributed by atoms with Crippen LogP contribution in [0.4, 0.5) is 5.69 Å². The molecule has 2 amide bonds. The van der Waals surface area contributed by atoms with E-state index in [4.69, 9.17) is 11.6 Å². The highest BCUT2D eigenvalue weighted by molar-refractivity contribution is 9.10. The van der Waals surface area contributed by atoms with Gasteiger partial charge in [0, 0.05) is 28.0 Å². The number of nitrogens with one attached hydrogen (secondary N) is 1. The first kappa shape index (κ1) is 33.2. The average Bonchev–Trinajstić information content (AvgIpc) is 2.98. The van der Waals surface area contributed by atoms with Gasteiger partial charge in [-0.2, -0.15) is 0 Å². The number of sulfonamides is 1. The highest BCUT2D eigenvalue weighted by Crippen LogP contribution is 2.27. The zero-order valence-electron chi connectivity index (χ0n) is 24.8. The van der Waals surface area contributed by atoms with Crippen LogP contribution in [0.1, 0.15) is 31.9 Å². The summed E-state index contributed by atoms with van der Waals surface area (Å²) in [4.78, 5) is 29.9. The standard InChI is InChI=1S/C34H35BrClN3O4S/c1-34(2,3)37-33(41)31(22-25-11-6-4-7-12-25)38(23-26-13-10-14-27(35)21-26)32(40)24-39(29-19-17-28(36)18-20-29)44(42,43)30-15-8-5-9-16-30/h4-21,31H,22-24H2,1-3H3,(H,37,41)/t31-/m0/s1. The molecule has 0 fully saturated rings. The van der Waals surface area contributed by atoms with Crippen molar-refractivity contribution in [1.82, 2.24) is 10.2 Å². The Kier molecular flexibility index (Phi) is 10.9. The van der Waals surface area contributed by atoms with Crippen LogP contribution < -0.4 is 9.62 Å². The summed E-state index contributed by atoms with van der Waals surface area (Å²) >= 11 is 9.62. The van der Waals surface area contributed by atoms with Gasteiger partial charge in [-0.3, -0.25) is 13.9 Å². The molecule has 4 aromatic rings. The van der Waals surface area contributed by atoms with Gasteiger partial charge in [0.25, 0.3) is 10.0 Å². The van der Waals surface area contributed by atoms with Crippen molar-refractivity contribution in [1.29, 1.82) is 0 Å². The van der Waals surface area contributed by atoms with Crippen molar-refractivity contribution >= 4 is 55.1 Å². The Morgan fingerprint density at radius 3 is 2.02 bits per heavy atom. The number of halogens is 2. The van der Waals surface area contributed by atoms with E-state index >= 15 is 0 Å². The van der Waals surface area contributed by atoms with Crippen molar-refractivity contribution in [3.05, 3.63) is 130 Å². The fourth-order valence-electron chi connectivity index (χ4n) is 4.69. The van der Waals surface area contributed by atoms with Crippen molar-refractivity contribution < 1.29 is 18.0 Å². The zero-order valence-corrected chi connectivity index (χ0v) is 27.9. The second-order valence-electron chi connectivity index (χ2n) is 11.4. The van der Waals surface area contributed by atoms with E-state index in [0.717, 1.165) is 19.9 Å². The zero-order chi connectivity index (χ0) is 31.9. The molecule has 0 saturated carbocycles. The maximum atomic E-state index is 14.5. The van der Waals surface area contributed by atoms with Crippen LogP contribution in [0.3, 0.4) is 0 Å². The van der Waals surface area contributed by atoms with Gasteiger partial charge in [-0.05, 0) is 80.4 Å². The van der Waals surface area contributed by atoms with Gasteiger partial charge in [0.1, 0.15) is 12.6 Å². The molecule has 7 nitrogen and oxygen atoms in total. The van der Waals surface area contributed by atoms with Crippen molar-refractivity contribution in [2.75, 3.05) is 10.8 Å². The van der Waals surface area contributed by atoms with E-state index in [1.807, 2.05) is 75.4 Å².